The van der Waals surface area contributed by atoms with E-state index >= 15 is 0 Å². The Labute approximate surface area is 156 Å². The first-order valence-corrected chi connectivity index (χ1v) is 8.87. The zero-order chi connectivity index (χ0) is 19.0. The Morgan fingerprint density at radius 2 is 2.15 bits per heavy atom. The molecule has 8 nitrogen and oxygen atoms in total. The fraction of sp³-hybridized carbons (Fsp3) is 0.368. The summed E-state index contributed by atoms with van der Waals surface area (Å²) in [5.41, 5.74) is 2.06. The second-order valence-electron chi connectivity index (χ2n) is 6.58. The summed E-state index contributed by atoms with van der Waals surface area (Å²) in [5.74, 6) is 1.69. The van der Waals surface area contributed by atoms with Gasteiger partial charge in [-0.2, -0.15) is 10.1 Å². The quantitative estimate of drug-likeness (QED) is 0.705. The molecule has 1 aliphatic heterocycles. The summed E-state index contributed by atoms with van der Waals surface area (Å²) < 4.78 is 12.3. The standard InChI is InChI=1S/C19H21N5O3/c1-12-20-18(27-22-12)15-8-6-10-24(15)19(25)16-11-14(21-23(16)2)13-7-4-5-9-17(13)26-3/h4-5,7,9,11,15H,6,8,10H2,1-3H3. The number of rotatable bonds is 4. The zero-order valence-electron chi connectivity index (χ0n) is 15.5. The van der Waals surface area contributed by atoms with E-state index in [0.29, 0.717) is 29.6 Å². The molecule has 4 rings (SSSR count). The van der Waals surface area contributed by atoms with Crippen molar-refractivity contribution in [2.45, 2.75) is 25.8 Å². The van der Waals surface area contributed by atoms with Crippen molar-refractivity contribution in [2.75, 3.05) is 13.7 Å². The third-order valence-corrected chi connectivity index (χ3v) is 4.82. The highest BCUT2D eigenvalue weighted by Gasteiger charge is 2.35. The molecule has 1 unspecified atom stereocenters. The number of benzene rings is 1. The fourth-order valence-corrected chi connectivity index (χ4v) is 3.52. The van der Waals surface area contributed by atoms with Crippen LogP contribution in [0.3, 0.4) is 0 Å². The van der Waals surface area contributed by atoms with Gasteiger partial charge in [0.15, 0.2) is 5.82 Å². The molecule has 8 heteroatoms. The number of hydrogen-bond acceptors (Lipinski definition) is 6. The number of ether oxygens (including phenoxy) is 1. The van der Waals surface area contributed by atoms with Gasteiger partial charge in [0.2, 0.25) is 5.89 Å². The molecule has 0 spiro atoms. The number of nitrogens with zero attached hydrogens (tertiary/aromatic N) is 5. The second-order valence-corrected chi connectivity index (χ2v) is 6.58. The summed E-state index contributed by atoms with van der Waals surface area (Å²) in [4.78, 5) is 19.3. The molecular formula is C19H21N5O3. The third-order valence-electron chi connectivity index (χ3n) is 4.82. The molecule has 1 saturated heterocycles. The van der Waals surface area contributed by atoms with Crippen LogP contribution in [-0.2, 0) is 7.05 Å². The van der Waals surface area contributed by atoms with Crippen molar-refractivity contribution >= 4 is 5.91 Å². The molecular weight excluding hydrogens is 346 g/mol. The van der Waals surface area contributed by atoms with Crippen LogP contribution in [-0.4, -0.2) is 44.4 Å². The van der Waals surface area contributed by atoms with E-state index < -0.39 is 0 Å². The number of carbonyl (C=O) groups excluding carboxylic acids is 1. The lowest BCUT2D eigenvalue weighted by Crippen LogP contribution is -2.32. The van der Waals surface area contributed by atoms with Gasteiger partial charge in [0.25, 0.3) is 5.91 Å². The average molecular weight is 367 g/mol. The summed E-state index contributed by atoms with van der Waals surface area (Å²) in [5, 5.41) is 8.37. The summed E-state index contributed by atoms with van der Waals surface area (Å²) >= 11 is 0. The van der Waals surface area contributed by atoms with Gasteiger partial charge < -0.3 is 14.2 Å². The van der Waals surface area contributed by atoms with E-state index in [0.717, 1.165) is 24.2 Å². The van der Waals surface area contributed by atoms with Crippen LogP contribution >= 0.6 is 0 Å². The number of aryl methyl sites for hydroxylation is 2. The first-order valence-electron chi connectivity index (χ1n) is 8.87. The summed E-state index contributed by atoms with van der Waals surface area (Å²) in [6.45, 7) is 2.43. The minimum absolute atomic E-state index is 0.0931. The minimum atomic E-state index is -0.191. The second kappa shape index (κ2) is 6.86. The van der Waals surface area contributed by atoms with E-state index in [2.05, 4.69) is 15.2 Å². The first kappa shape index (κ1) is 17.3. The van der Waals surface area contributed by atoms with Crippen molar-refractivity contribution in [3.05, 3.63) is 47.7 Å². The highest BCUT2D eigenvalue weighted by molar-refractivity contribution is 5.94. The van der Waals surface area contributed by atoms with E-state index in [9.17, 15) is 4.79 Å². The topological polar surface area (TPSA) is 86.3 Å². The number of likely N-dealkylation sites (tertiary alicyclic amines) is 1. The van der Waals surface area contributed by atoms with Crippen molar-refractivity contribution in [3.63, 3.8) is 0 Å². The Hall–Kier alpha value is -3.16. The van der Waals surface area contributed by atoms with Crippen LogP contribution in [0.15, 0.2) is 34.9 Å². The Bertz CT molecular complexity index is 977. The summed E-state index contributed by atoms with van der Waals surface area (Å²) in [7, 11) is 3.39. The van der Waals surface area contributed by atoms with E-state index in [4.69, 9.17) is 9.26 Å². The van der Waals surface area contributed by atoms with Crippen LogP contribution in [0.4, 0.5) is 0 Å². The number of hydrogen-bond donors (Lipinski definition) is 0. The smallest absolute Gasteiger partial charge is 0.272 e. The lowest BCUT2D eigenvalue weighted by atomic mass is 10.1. The SMILES string of the molecule is COc1ccccc1-c1cc(C(=O)N2CCCC2c2nc(C)no2)n(C)n1. The van der Waals surface area contributed by atoms with Crippen LogP contribution in [0.1, 0.15) is 41.1 Å². The largest absolute Gasteiger partial charge is 0.496 e. The van der Waals surface area contributed by atoms with E-state index in [1.165, 1.54) is 0 Å². The maximum Gasteiger partial charge on any atom is 0.272 e. The van der Waals surface area contributed by atoms with Gasteiger partial charge in [0.05, 0.1) is 12.8 Å². The summed E-state index contributed by atoms with van der Waals surface area (Å²) in [6.07, 6.45) is 1.71. The van der Waals surface area contributed by atoms with Gasteiger partial charge in [-0.05, 0) is 38.0 Å². The van der Waals surface area contributed by atoms with Crippen LogP contribution in [0.2, 0.25) is 0 Å². The lowest BCUT2D eigenvalue weighted by Gasteiger charge is -2.21. The van der Waals surface area contributed by atoms with Gasteiger partial charge in [0.1, 0.15) is 17.5 Å². The fourth-order valence-electron chi connectivity index (χ4n) is 3.52. The molecule has 0 aliphatic carbocycles. The van der Waals surface area contributed by atoms with Gasteiger partial charge >= 0.3 is 0 Å². The molecule has 27 heavy (non-hydrogen) atoms. The Balaban J connectivity index is 1.65. The van der Waals surface area contributed by atoms with Crippen molar-refractivity contribution in [1.82, 2.24) is 24.8 Å². The summed E-state index contributed by atoms with van der Waals surface area (Å²) in [6, 6.07) is 9.23. The normalized spacial score (nSPS) is 16.7. The van der Waals surface area contributed by atoms with Gasteiger partial charge in [-0.15, -0.1) is 0 Å². The molecule has 1 aromatic carbocycles. The van der Waals surface area contributed by atoms with E-state index in [1.807, 2.05) is 24.3 Å². The molecule has 2 aromatic heterocycles. The molecule has 0 bridgehead atoms. The Morgan fingerprint density at radius 1 is 1.33 bits per heavy atom. The zero-order valence-corrected chi connectivity index (χ0v) is 15.5. The molecule has 1 fully saturated rings. The predicted octanol–water partition coefficient (Wildman–Crippen LogP) is 2.76. The number of methoxy groups -OCH3 is 1. The highest BCUT2D eigenvalue weighted by Crippen LogP contribution is 2.33. The molecule has 0 N–H and O–H groups in total. The van der Waals surface area contributed by atoms with Gasteiger partial charge in [-0.25, -0.2) is 0 Å². The lowest BCUT2D eigenvalue weighted by molar-refractivity contribution is 0.0699. The predicted molar refractivity (Wildman–Crippen MR) is 97.2 cm³/mol. The Kier molecular flexibility index (Phi) is 4.39. The molecule has 140 valence electrons. The molecule has 3 aromatic rings. The molecule has 1 aliphatic rings. The van der Waals surface area contributed by atoms with Crippen molar-refractivity contribution in [3.8, 4) is 17.0 Å². The van der Waals surface area contributed by atoms with Crippen molar-refractivity contribution in [1.29, 1.82) is 0 Å². The maximum absolute atomic E-state index is 13.2. The van der Waals surface area contributed by atoms with E-state index in [1.54, 1.807) is 36.7 Å². The monoisotopic (exact) mass is 367 g/mol. The van der Waals surface area contributed by atoms with Gasteiger partial charge in [0, 0.05) is 19.2 Å². The number of para-hydroxylation sites is 1. The van der Waals surface area contributed by atoms with Gasteiger partial charge in [-0.3, -0.25) is 9.48 Å². The molecule has 1 amide bonds. The van der Waals surface area contributed by atoms with Crippen molar-refractivity contribution < 1.29 is 14.1 Å². The van der Waals surface area contributed by atoms with Gasteiger partial charge in [-0.1, -0.05) is 17.3 Å². The third kappa shape index (κ3) is 3.07. The van der Waals surface area contributed by atoms with Crippen LogP contribution in [0, 0.1) is 6.92 Å². The molecule has 0 radical (unpaired) electrons. The van der Waals surface area contributed by atoms with Crippen LogP contribution in [0.25, 0.3) is 11.3 Å². The average Bonchev–Trinajstić information content (AvgIpc) is 3.40. The first-order chi connectivity index (χ1) is 13.1. The van der Waals surface area contributed by atoms with Crippen molar-refractivity contribution in [2.24, 2.45) is 7.05 Å². The molecule has 0 saturated carbocycles. The maximum atomic E-state index is 13.2. The highest BCUT2D eigenvalue weighted by atomic mass is 16.5. The minimum Gasteiger partial charge on any atom is -0.496 e. The van der Waals surface area contributed by atoms with E-state index in [-0.39, 0.29) is 11.9 Å². The number of carbonyl (C=O) groups is 1. The molecule has 3 heterocycles. The van der Waals surface area contributed by atoms with Crippen LogP contribution < -0.4 is 4.74 Å². The Morgan fingerprint density at radius 3 is 2.89 bits per heavy atom. The van der Waals surface area contributed by atoms with Crippen LogP contribution in [0.5, 0.6) is 5.75 Å². The number of aromatic nitrogens is 4. The molecule has 1 atom stereocenters. The number of amides is 1.